The average molecular weight is 181 g/mol. The summed E-state index contributed by atoms with van der Waals surface area (Å²) in [6.45, 7) is 9.79. The molecular formula is C12H23N. The summed E-state index contributed by atoms with van der Waals surface area (Å²) in [6, 6.07) is 0. The minimum atomic E-state index is 0.397. The molecule has 2 atom stereocenters. The number of piperidine rings is 1. The largest absolute Gasteiger partial charge is 0.298 e. The first-order chi connectivity index (χ1) is 6.05. The van der Waals surface area contributed by atoms with Crippen LogP contribution in [0.15, 0.2) is 0 Å². The van der Waals surface area contributed by atoms with E-state index >= 15 is 0 Å². The van der Waals surface area contributed by atoms with Crippen LogP contribution in [0, 0.1) is 11.8 Å². The highest BCUT2D eigenvalue weighted by atomic mass is 15.2. The van der Waals surface area contributed by atoms with Crippen LogP contribution in [0.5, 0.6) is 0 Å². The molecule has 2 aliphatic rings. The van der Waals surface area contributed by atoms with Gasteiger partial charge in [0.1, 0.15) is 0 Å². The third-order valence-corrected chi connectivity index (χ3v) is 3.80. The number of fused-ring (bicyclic) bond motifs is 2. The van der Waals surface area contributed by atoms with Gasteiger partial charge in [0.15, 0.2) is 0 Å². The van der Waals surface area contributed by atoms with Crippen LogP contribution in [0.3, 0.4) is 0 Å². The highest BCUT2D eigenvalue weighted by Crippen LogP contribution is 2.36. The molecule has 76 valence electrons. The molecule has 1 aliphatic carbocycles. The molecule has 0 aromatic carbocycles. The smallest absolute Gasteiger partial charge is 0.0125 e. The van der Waals surface area contributed by atoms with Crippen molar-refractivity contribution in [3.8, 4) is 0 Å². The van der Waals surface area contributed by atoms with E-state index < -0.39 is 0 Å². The van der Waals surface area contributed by atoms with Gasteiger partial charge in [-0.05, 0) is 51.9 Å². The van der Waals surface area contributed by atoms with Gasteiger partial charge < -0.3 is 0 Å². The number of likely N-dealkylation sites (tertiary alicyclic amines) is 1. The van der Waals surface area contributed by atoms with E-state index in [4.69, 9.17) is 0 Å². The van der Waals surface area contributed by atoms with Gasteiger partial charge in [-0.25, -0.2) is 0 Å². The van der Waals surface area contributed by atoms with Gasteiger partial charge in [-0.2, -0.15) is 0 Å². The van der Waals surface area contributed by atoms with Crippen LogP contribution < -0.4 is 0 Å². The Hall–Kier alpha value is -0.0400. The van der Waals surface area contributed by atoms with E-state index in [0.29, 0.717) is 5.54 Å². The van der Waals surface area contributed by atoms with Crippen molar-refractivity contribution in [1.82, 2.24) is 4.90 Å². The molecule has 2 rings (SSSR count). The molecule has 0 radical (unpaired) electrons. The van der Waals surface area contributed by atoms with Gasteiger partial charge in [-0.1, -0.05) is 6.42 Å². The van der Waals surface area contributed by atoms with Gasteiger partial charge in [-0.3, -0.25) is 4.90 Å². The summed E-state index contributed by atoms with van der Waals surface area (Å²) in [5, 5.41) is 0. The highest BCUT2D eigenvalue weighted by molar-refractivity contribution is 4.88. The zero-order chi connectivity index (χ0) is 9.47. The topological polar surface area (TPSA) is 3.24 Å². The fourth-order valence-electron chi connectivity index (χ4n) is 2.98. The van der Waals surface area contributed by atoms with E-state index in [0.717, 1.165) is 11.8 Å². The fourth-order valence-corrected chi connectivity index (χ4v) is 2.98. The van der Waals surface area contributed by atoms with Crippen molar-refractivity contribution in [3.63, 3.8) is 0 Å². The summed E-state index contributed by atoms with van der Waals surface area (Å²) < 4.78 is 0. The molecule has 13 heavy (non-hydrogen) atoms. The predicted molar refractivity (Wildman–Crippen MR) is 56.8 cm³/mol. The Morgan fingerprint density at radius 3 is 2.00 bits per heavy atom. The average Bonchev–Trinajstić information content (AvgIpc) is 2.01. The lowest BCUT2D eigenvalue weighted by Gasteiger charge is -2.47. The van der Waals surface area contributed by atoms with Gasteiger partial charge >= 0.3 is 0 Å². The predicted octanol–water partition coefficient (Wildman–Crippen LogP) is 2.91. The molecule has 1 heterocycles. The van der Waals surface area contributed by atoms with Crippen molar-refractivity contribution in [2.24, 2.45) is 11.8 Å². The van der Waals surface area contributed by atoms with Crippen LogP contribution in [0.25, 0.3) is 0 Å². The van der Waals surface area contributed by atoms with E-state index in [1.807, 2.05) is 0 Å². The molecule has 1 saturated heterocycles. The van der Waals surface area contributed by atoms with E-state index in [1.54, 1.807) is 0 Å². The molecule has 2 bridgehead atoms. The number of rotatable bonds is 0. The maximum Gasteiger partial charge on any atom is 0.0125 e. The first kappa shape index (κ1) is 9.51. The van der Waals surface area contributed by atoms with Crippen molar-refractivity contribution in [1.29, 1.82) is 0 Å². The van der Waals surface area contributed by atoms with E-state index in [9.17, 15) is 0 Å². The standard InChI is InChI=1S/C12H23N/c1-12(2,3)13-8-10-5-4-6-11(7-10)9-13/h10-11H,4-9H2,1-3H3/t10-,11-/m1/s1. The second-order valence-electron chi connectivity index (χ2n) is 5.97. The van der Waals surface area contributed by atoms with Crippen LogP contribution in [0.4, 0.5) is 0 Å². The monoisotopic (exact) mass is 181 g/mol. The van der Waals surface area contributed by atoms with Crippen LogP contribution in [-0.2, 0) is 0 Å². The van der Waals surface area contributed by atoms with Gasteiger partial charge in [0.25, 0.3) is 0 Å². The molecule has 0 aromatic heterocycles. The summed E-state index contributed by atoms with van der Waals surface area (Å²) >= 11 is 0. The van der Waals surface area contributed by atoms with E-state index in [1.165, 1.54) is 38.8 Å². The summed E-state index contributed by atoms with van der Waals surface area (Å²) in [5.41, 5.74) is 0.397. The minimum absolute atomic E-state index is 0.397. The Kier molecular flexibility index (Phi) is 2.39. The zero-order valence-electron chi connectivity index (χ0n) is 9.34. The van der Waals surface area contributed by atoms with Gasteiger partial charge in [0, 0.05) is 18.6 Å². The summed E-state index contributed by atoms with van der Waals surface area (Å²) in [4.78, 5) is 2.70. The Balaban J connectivity index is 2.01. The van der Waals surface area contributed by atoms with Crippen LogP contribution in [0.1, 0.15) is 46.5 Å². The maximum atomic E-state index is 2.70. The van der Waals surface area contributed by atoms with Gasteiger partial charge in [0.05, 0.1) is 0 Å². The molecule has 0 amide bonds. The summed E-state index contributed by atoms with van der Waals surface area (Å²) in [7, 11) is 0. The molecule has 0 unspecified atom stereocenters. The van der Waals surface area contributed by atoms with Crippen molar-refractivity contribution in [2.75, 3.05) is 13.1 Å². The van der Waals surface area contributed by atoms with E-state index in [-0.39, 0.29) is 0 Å². The second-order valence-corrected chi connectivity index (χ2v) is 5.97. The van der Waals surface area contributed by atoms with Crippen LogP contribution in [0.2, 0.25) is 0 Å². The zero-order valence-corrected chi connectivity index (χ0v) is 9.34. The molecule has 2 fully saturated rings. The lowest BCUT2D eigenvalue weighted by molar-refractivity contribution is 0.0234. The Morgan fingerprint density at radius 1 is 1.00 bits per heavy atom. The van der Waals surface area contributed by atoms with E-state index in [2.05, 4.69) is 25.7 Å². The Morgan fingerprint density at radius 2 is 1.54 bits per heavy atom. The molecule has 0 spiro atoms. The highest BCUT2D eigenvalue weighted by Gasteiger charge is 2.34. The molecule has 1 nitrogen and oxygen atoms in total. The summed E-state index contributed by atoms with van der Waals surface area (Å²) in [5.74, 6) is 2.04. The number of nitrogens with zero attached hydrogens (tertiary/aromatic N) is 1. The van der Waals surface area contributed by atoms with Crippen LogP contribution >= 0.6 is 0 Å². The minimum Gasteiger partial charge on any atom is -0.298 e. The number of hydrogen-bond donors (Lipinski definition) is 0. The molecule has 1 heteroatoms. The second kappa shape index (κ2) is 3.27. The molecule has 0 N–H and O–H groups in total. The molecule has 0 aromatic rings. The van der Waals surface area contributed by atoms with Crippen molar-refractivity contribution in [2.45, 2.75) is 52.0 Å². The van der Waals surface area contributed by atoms with Crippen LogP contribution in [-0.4, -0.2) is 23.5 Å². The quantitative estimate of drug-likeness (QED) is 0.555. The normalized spacial score (nSPS) is 36.2. The number of hydrogen-bond acceptors (Lipinski definition) is 1. The molecular weight excluding hydrogens is 158 g/mol. The summed E-state index contributed by atoms with van der Waals surface area (Å²) in [6.07, 6.45) is 5.99. The Bertz CT molecular complexity index is 168. The maximum absolute atomic E-state index is 2.70. The first-order valence-corrected chi connectivity index (χ1v) is 5.81. The first-order valence-electron chi connectivity index (χ1n) is 5.81. The van der Waals surface area contributed by atoms with Gasteiger partial charge in [-0.15, -0.1) is 0 Å². The third kappa shape index (κ3) is 2.07. The Labute approximate surface area is 82.5 Å². The lowest BCUT2D eigenvalue weighted by Crippen LogP contribution is -2.51. The molecule has 1 aliphatic heterocycles. The molecule has 1 saturated carbocycles. The van der Waals surface area contributed by atoms with Crippen molar-refractivity contribution >= 4 is 0 Å². The third-order valence-electron chi connectivity index (χ3n) is 3.80. The fraction of sp³-hybridized carbons (Fsp3) is 1.00. The van der Waals surface area contributed by atoms with Crippen molar-refractivity contribution < 1.29 is 0 Å². The SMILES string of the molecule is CC(C)(C)N1C[C@@H]2CCC[C@H](C2)C1. The van der Waals surface area contributed by atoms with Gasteiger partial charge in [0.2, 0.25) is 0 Å². The lowest BCUT2D eigenvalue weighted by atomic mass is 9.77. The van der Waals surface area contributed by atoms with Crippen molar-refractivity contribution in [3.05, 3.63) is 0 Å².